The van der Waals surface area contributed by atoms with Crippen molar-refractivity contribution in [3.8, 4) is 0 Å². The van der Waals surface area contributed by atoms with Crippen LogP contribution in [-0.4, -0.2) is 56.3 Å². The van der Waals surface area contributed by atoms with Crippen LogP contribution in [0.1, 0.15) is 50.9 Å². The Balaban J connectivity index is 1.92. The van der Waals surface area contributed by atoms with Crippen LogP contribution in [0.4, 0.5) is 10.5 Å². The molecule has 0 unspecified atom stereocenters. The first-order chi connectivity index (χ1) is 13.5. The highest BCUT2D eigenvalue weighted by Crippen LogP contribution is 2.23. The van der Waals surface area contributed by atoms with Gasteiger partial charge in [0.1, 0.15) is 5.60 Å². The van der Waals surface area contributed by atoms with Crippen molar-refractivity contribution in [3.05, 3.63) is 29.8 Å². The summed E-state index contributed by atoms with van der Waals surface area (Å²) in [6.07, 6.45) is 1.07. The summed E-state index contributed by atoms with van der Waals surface area (Å²) in [6.45, 7) is 8.59. The summed E-state index contributed by atoms with van der Waals surface area (Å²) in [4.78, 5) is 26.4. The first-order valence-corrected chi connectivity index (χ1v) is 11.5. The molecule has 2 rings (SSSR count). The van der Waals surface area contributed by atoms with Gasteiger partial charge in [-0.2, -0.15) is 0 Å². The minimum absolute atomic E-state index is 0.0639. The molecule has 2 amide bonds. The molecular formula is C20H31N3O5S. The zero-order chi connectivity index (χ0) is 21.7. The quantitative estimate of drug-likeness (QED) is 0.729. The van der Waals surface area contributed by atoms with Crippen LogP contribution in [0.3, 0.4) is 0 Å². The van der Waals surface area contributed by atoms with Gasteiger partial charge in [-0.3, -0.25) is 9.52 Å². The Labute approximate surface area is 173 Å². The van der Waals surface area contributed by atoms with E-state index in [1.807, 2.05) is 20.8 Å². The van der Waals surface area contributed by atoms with Crippen LogP contribution in [0.2, 0.25) is 0 Å². The summed E-state index contributed by atoms with van der Waals surface area (Å²) in [6, 6.07) is 6.64. The number of anilines is 1. The number of amides is 2. The number of carbonyl (C=O) groups excluding carboxylic acids is 2. The molecule has 0 spiro atoms. The lowest BCUT2D eigenvalue weighted by molar-refractivity contribution is 0.0500. The first-order valence-electron chi connectivity index (χ1n) is 9.86. The van der Waals surface area contributed by atoms with E-state index in [1.54, 1.807) is 36.1 Å². The standard InChI is InChI=1S/C20H31N3O5S/c1-5-29(26,27)22-17-9-7-6-8-16(17)18(24)23-12-10-15(11-13-23)14-21-19(25)28-20(2,3)4/h6-9,15,22H,5,10-14H2,1-4H3,(H,21,25). The summed E-state index contributed by atoms with van der Waals surface area (Å²) < 4.78 is 31.5. The lowest BCUT2D eigenvalue weighted by atomic mass is 9.96. The van der Waals surface area contributed by atoms with Gasteiger partial charge in [0.15, 0.2) is 0 Å². The van der Waals surface area contributed by atoms with E-state index < -0.39 is 21.7 Å². The normalized spacial score (nSPS) is 15.7. The molecule has 1 aliphatic heterocycles. The fourth-order valence-corrected chi connectivity index (χ4v) is 3.71. The highest BCUT2D eigenvalue weighted by Gasteiger charge is 2.26. The van der Waals surface area contributed by atoms with Gasteiger partial charge in [-0.1, -0.05) is 12.1 Å². The topological polar surface area (TPSA) is 105 Å². The van der Waals surface area contributed by atoms with E-state index in [2.05, 4.69) is 10.0 Å². The van der Waals surface area contributed by atoms with Crippen LogP contribution in [0.15, 0.2) is 24.3 Å². The summed E-state index contributed by atoms with van der Waals surface area (Å²) in [5, 5.41) is 2.78. The molecule has 1 saturated heterocycles. The monoisotopic (exact) mass is 425 g/mol. The minimum Gasteiger partial charge on any atom is -0.444 e. The van der Waals surface area contributed by atoms with Gasteiger partial charge in [0.2, 0.25) is 10.0 Å². The number of benzene rings is 1. The molecule has 1 aromatic carbocycles. The molecule has 8 nitrogen and oxygen atoms in total. The van der Waals surface area contributed by atoms with Gasteiger partial charge in [-0.25, -0.2) is 13.2 Å². The van der Waals surface area contributed by atoms with Crippen LogP contribution in [0.5, 0.6) is 0 Å². The lowest BCUT2D eigenvalue weighted by Gasteiger charge is -2.32. The van der Waals surface area contributed by atoms with Crippen molar-refractivity contribution in [2.24, 2.45) is 5.92 Å². The second-order valence-corrected chi connectivity index (χ2v) is 10.2. The maximum Gasteiger partial charge on any atom is 0.407 e. The van der Waals surface area contributed by atoms with E-state index in [9.17, 15) is 18.0 Å². The number of likely N-dealkylation sites (tertiary alicyclic amines) is 1. The molecule has 0 bridgehead atoms. The molecule has 162 valence electrons. The zero-order valence-corrected chi connectivity index (χ0v) is 18.3. The molecule has 1 fully saturated rings. The fourth-order valence-electron chi connectivity index (χ4n) is 3.05. The molecule has 1 aromatic rings. The van der Waals surface area contributed by atoms with Gasteiger partial charge in [0.05, 0.1) is 17.0 Å². The number of hydrogen-bond acceptors (Lipinski definition) is 5. The maximum absolute atomic E-state index is 12.9. The van der Waals surface area contributed by atoms with Gasteiger partial charge in [-0.15, -0.1) is 0 Å². The first kappa shape index (κ1) is 23.0. The van der Waals surface area contributed by atoms with Gasteiger partial charge >= 0.3 is 6.09 Å². The van der Waals surface area contributed by atoms with Crippen molar-refractivity contribution in [2.75, 3.05) is 30.1 Å². The number of nitrogens with one attached hydrogen (secondary N) is 2. The Hall–Kier alpha value is -2.29. The van der Waals surface area contributed by atoms with Crippen molar-refractivity contribution in [1.29, 1.82) is 0 Å². The van der Waals surface area contributed by atoms with Gasteiger partial charge in [0, 0.05) is 19.6 Å². The van der Waals surface area contributed by atoms with Gasteiger partial charge < -0.3 is 15.0 Å². The molecule has 0 aliphatic carbocycles. The van der Waals surface area contributed by atoms with E-state index in [4.69, 9.17) is 4.74 Å². The van der Waals surface area contributed by atoms with E-state index in [0.717, 1.165) is 12.8 Å². The smallest absolute Gasteiger partial charge is 0.407 e. The van der Waals surface area contributed by atoms with Gasteiger partial charge in [-0.05, 0) is 58.6 Å². The average Bonchev–Trinajstić information content (AvgIpc) is 2.65. The molecule has 0 radical (unpaired) electrons. The van der Waals surface area contributed by atoms with E-state index in [-0.39, 0.29) is 17.6 Å². The van der Waals surface area contributed by atoms with Crippen molar-refractivity contribution >= 4 is 27.7 Å². The van der Waals surface area contributed by atoms with Crippen LogP contribution >= 0.6 is 0 Å². The Morgan fingerprint density at radius 1 is 1.17 bits per heavy atom. The molecule has 9 heteroatoms. The summed E-state index contributed by atoms with van der Waals surface area (Å²) in [5.41, 5.74) is 0.106. The van der Waals surface area contributed by atoms with Crippen molar-refractivity contribution in [2.45, 2.75) is 46.1 Å². The maximum atomic E-state index is 12.9. The Bertz CT molecular complexity index is 825. The molecule has 0 saturated carbocycles. The zero-order valence-electron chi connectivity index (χ0n) is 17.5. The molecule has 0 aromatic heterocycles. The Morgan fingerprint density at radius 3 is 2.38 bits per heavy atom. The highest BCUT2D eigenvalue weighted by molar-refractivity contribution is 7.92. The third kappa shape index (κ3) is 7.23. The third-order valence-corrected chi connectivity index (χ3v) is 5.93. The van der Waals surface area contributed by atoms with Crippen molar-refractivity contribution < 1.29 is 22.7 Å². The van der Waals surface area contributed by atoms with E-state index in [0.29, 0.717) is 30.9 Å². The fraction of sp³-hybridized carbons (Fsp3) is 0.600. The Morgan fingerprint density at radius 2 is 1.79 bits per heavy atom. The summed E-state index contributed by atoms with van der Waals surface area (Å²) in [5.74, 6) is 0.00401. The number of carbonyl (C=O) groups is 2. The van der Waals surface area contributed by atoms with Gasteiger partial charge in [0.25, 0.3) is 5.91 Å². The van der Waals surface area contributed by atoms with E-state index in [1.165, 1.54) is 0 Å². The van der Waals surface area contributed by atoms with Crippen molar-refractivity contribution in [1.82, 2.24) is 10.2 Å². The average molecular weight is 426 g/mol. The number of alkyl carbamates (subject to hydrolysis) is 1. The molecular weight excluding hydrogens is 394 g/mol. The predicted molar refractivity (Wildman–Crippen MR) is 112 cm³/mol. The Kier molecular flexibility index (Phi) is 7.51. The van der Waals surface area contributed by atoms with Crippen LogP contribution in [0, 0.1) is 5.92 Å². The summed E-state index contributed by atoms with van der Waals surface area (Å²) >= 11 is 0. The van der Waals surface area contributed by atoms with Crippen LogP contribution in [0.25, 0.3) is 0 Å². The number of hydrogen-bond donors (Lipinski definition) is 2. The van der Waals surface area contributed by atoms with Crippen LogP contribution in [-0.2, 0) is 14.8 Å². The third-order valence-electron chi connectivity index (χ3n) is 4.64. The number of sulfonamides is 1. The number of para-hydroxylation sites is 1. The SMILES string of the molecule is CCS(=O)(=O)Nc1ccccc1C(=O)N1CCC(CNC(=O)OC(C)(C)C)CC1. The molecule has 1 heterocycles. The van der Waals surface area contributed by atoms with E-state index >= 15 is 0 Å². The molecule has 29 heavy (non-hydrogen) atoms. The molecule has 1 aliphatic rings. The summed E-state index contributed by atoms with van der Waals surface area (Å²) in [7, 11) is -3.47. The number of rotatable bonds is 6. The molecule has 2 N–H and O–H groups in total. The number of piperidine rings is 1. The lowest BCUT2D eigenvalue weighted by Crippen LogP contribution is -2.42. The second kappa shape index (κ2) is 9.47. The highest BCUT2D eigenvalue weighted by atomic mass is 32.2. The largest absolute Gasteiger partial charge is 0.444 e. The number of ether oxygens (including phenoxy) is 1. The molecule has 0 atom stereocenters. The second-order valence-electron chi connectivity index (χ2n) is 8.17. The minimum atomic E-state index is -3.47. The predicted octanol–water partition coefficient (Wildman–Crippen LogP) is 2.83. The number of nitrogens with zero attached hydrogens (tertiary/aromatic N) is 1. The van der Waals surface area contributed by atoms with Crippen LogP contribution < -0.4 is 10.0 Å². The van der Waals surface area contributed by atoms with Crippen molar-refractivity contribution in [3.63, 3.8) is 0 Å².